The van der Waals surface area contributed by atoms with Gasteiger partial charge in [0.05, 0.1) is 37.6 Å². The van der Waals surface area contributed by atoms with Gasteiger partial charge in [-0.25, -0.2) is 9.59 Å². The summed E-state index contributed by atoms with van der Waals surface area (Å²) in [7, 11) is 1.55. The Labute approximate surface area is 189 Å². The Bertz CT molecular complexity index is 991. The summed E-state index contributed by atoms with van der Waals surface area (Å²) in [4.78, 5) is 25.6. The van der Waals surface area contributed by atoms with E-state index in [1.807, 2.05) is 37.3 Å². The topological polar surface area (TPSA) is 85.9 Å². The van der Waals surface area contributed by atoms with Crippen molar-refractivity contribution in [2.75, 3.05) is 20.3 Å². The molecule has 2 aromatic carbocycles. The van der Waals surface area contributed by atoms with E-state index in [0.717, 1.165) is 6.42 Å². The minimum absolute atomic E-state index is 0.208. The molecule has 164 valence electrons. The first-order chi connectivity index (χ1) is 15.0. The largest absolute Gasteiger partial charge is 0.493 e. The van der Waals surface area contributed by atoms with Gasteiger partial charge in [0.2, 0.25) is 0 Å². The lowest BCUT2D eigenvalue weighted by atomic mass is 9.92. The number of methoxy groups -OCH3 is 1. The highest BCUT2D eigenvalue weighted by Gasteiger charge is 2.36. The fourth-order valence-corrected chi connectivity index (χ4v) is 3.87. The zero-order chi connectivity index (χ0) is 22.4. The van der Waals surface area contributed by atoms with Crippen LogP contribution in [0.4, 0.5) is 4.79 Å². The monoisotopic (exact) mass is 488 g/mol. The van der Waals surface area contributed by atoms with Gasteiger partial charge in [-0.3, -0.25) is 0 Å². The van der Waals surface area contributed by atoms with Crippen LogP contribution >= 0.6 is 15.9 Å². The van der Waals surface area contributed by atoms with Gasteiger partial charge in [0.15, 0.2) is 11.5 Å². The zero-order valence-electron chi connectivity index (χ0n) is 17.7. The van der Waals surface area contributed by atoms with Gasteiger partial charge in [0.1, 0.15) is 0 Å². The fourth-order valence-electron chi connectivity index (χ4n) is 3.32. The van der Waals surface area contributed by atoms with E-state index in [1.165, 1.54) is 0 Å². The lowest BCUT2D eigenvalue weighted by molar-refractivity contribution is -0.138. The van der Waals surface area contributed by atoms with Crippen molar-refractivity contribution >= 4 is 33.6 Å². The predicted molar refractivity (Wildman–Crippen MR) is 121 cm³/mol. The number of esters is 1. The Morgan fingerprint density at radius 2 is 1.87 bits per heavy atom. The number of ether oxygens (including phenoxy) is 3. The SMILES string of the molecule is CCCOc1cc(Br)c([C@@H]2NC(=O)NC(c3ccccc3)=C2C(=O)OCC)cc1OC. The number of nitrogens with one attached hydrogen (secondary N) is 2. The summed E-state index contributed by atoms with van der Waals surface area (Å²) in [5, 5.41) is 5.61. The summed E-state index contributed by atoms with van der Waals surface area (Å²) >= 11 is 3.57. The van der Waals surface area contributed by atoms with Crippen molar-refractivity contribution in [3.05, 3.63) is 63.6 Å². The Hall–Kier alpha value is -3.00. The third kappa shape index (κ3) is 5.02. The molecule has 2 aromatic rings. The second-order valence-electron chi connectivity index (χ2n) is 6.78. The Kier molecular flexibility index (Phi) is 7.57. The molecule has 2 amide bonds. The van der Waals surface area contributed by atoms with Crippen LogP contribution in [0, 0.1) is 0 Å². The van der Waals surface area contributed by atoms with Crippen molar-refractivity contribution in [1.29, 1.82) is 0 Å². The maximum atomic E-state index is 13.0. The number of carbonyl (C=O) groups is 2. The van der Waals surface area contributed by atoms with Gasteiger partial charge >= 0.3 is 12.0 Å². The number of urea groups is 1. The summed E-state index contributed by atoms with van der Waals surface area (Å²) in [5.41, 5.74) is 2.06. The average molecular weight is 489 g/mol. The molecule has 2 N–H and O–H groups in total. The summed E-state index contributed by atoms with van der Waals surface area (Å²) in [6, 6.07) is 11.6. The second-order valence-corrected chi connectivity index (χ2v) is 7.63. The molecule has 3 rings (SSSR count). The van der Waals surface area contributed by atoms with Crippen molar-refractivity contribution in [1.82, 2.24) is 10.6 Å². The molecule has 0 unspecified atom stereocenters. The van der Waals surface area contributed by atoms with E-state index in [-0.39, 0.29) is 6.61 Å². The summed E-state index contributed by atoms with van der Waals surface area (Å²) < 4.78 is 17.3. The summed E-state index contributed by atoms with van der Waals surface area (Å²) in [6.45, 7) is 4.50. The molecule has 8 heteroatoms. The molecular weight excluding hydrogens is 464 g/mol. The zero-order valence-corrected chi connectivity index (χ0v) is 19.2. The third-order valence-electron chi connectivity index (χ3n) is 4.69. The standard InChI is InChI=1S/C23H25BrN2O5/c1-4-11-31-18-13-16(24)15(12-17(18)29-3)21-19(22(27)30-5-2)20(25-23(28)26-21)14-9-7-6-8-10-14/h6-10,12-13,21H,4-5,11H2,1-3H3,(H2,25,26,28)/t21-/m0/s1. The molecule has 1 aliphatic heterocycles. The molecule has 31 heavy (non-hydrogen) atoms. The summed E-state index contributed by atoms with van der Waals surface area (Å²) in [5.74, 6) is 0.560. The van der Waals surface area contributed by atoms with Crippen molar-refractivity contribution < 1.29 is 23.8 Å². The van der Waals surface area contributed by atoms with Gasteiger partial charge in [0, 0.05) is 4.47 Å². The van der Waals surface area contributed by atoms with Crippen molar-refractivity contribution in [3.63, 3.8) is 0 Å². The molecule has 0 saturated carbocycles. The highest BCUT2D eigenvalue weighted by molar-refractivity contribution is 9.10. The van der Waals surface area contributed by atoms with E-state index in [4.69, 9.17) is 14.2 Å². The van der Waals surface area contributed by atoms with Crippen molar-refractivity contribution in [2.45, 2.75) is 26.3 Å². The number of amides is 2. The normalized spacial score (nSPS) is 15.7. The van der Waals surface area contributed by atoms with E-state index in [2.05, 4.69) is 26.6 Å². The average Bonchev–Trinajstić information content (AvgIpc) is 2.77. The Morgan fingerprint density at radius 1 is 1.13 bits per heavy atom. The fraction of sp³-hybridized carbons (Fsp3) is 0.304. The van der Waals surface area contributed by atoms with Crippen molar-refractivity contribution in [3.8, 4) is 11.5 Å². The second kappa shape index (κ2) is 10.3. The molecule has 0 spiro atoms. The molecule has 0 aromatic heterocycles. The van der Waals surface area contributed by atoms with Crippen LogP contribution in [0.1, 0.15) is 37.4 Å². The summed E-state index contributed by atoms with van der Waals surface area (Å²) in [6.07, 6.45) is 0.850. The minimum Gasteiger partial charge on any atom is -0.493 e. The molecule has 7 nitrogen and oxygen atoms in total. The molecule has 0 radical (unpaired) electrons. The lowest BCUT2D eigenvalue weighted by Crippen LogP contribution is -2.45. The molecule has 1 aliphatic rings. The van der Waals surface area contributed by atoms with Gasteiger partial charge in [-0.1, -0.05) is 53.2 Å². The number of rotatable bonds is 8. The Balaban J connectivity index is 2.17. The first-order valence-electron chi connectivity index (χ1n) is 10.0. The van der Waals surface area contributed by atoms with Crippen LogP contribution in [0.2, 0.25) is 0 Å². The predicted octanol–water partition coefficient (Wildman–Crippen LogP) is 4.57. The van der Waals surface area contributed by atoms with Gasteiger partial charge in [0.25, 0.3) is 0 Å². The van der Waals surface area contributed by atoms with Gasteiger partial charge in [-0.2, -0.15) is 0 Å². The van der Waals surface area contributed by atoms with E-state index in [1.54, 1.807) is 26.2 Å². The van der Waals surface area contributed by atoms with Crippen molar-refractivity contribution in [2.24, 2.45) is 0 Å². The van der Waals surface area contributed by atoms with Crippen LogP contribution < -0.4 is 20.1 Å². The molecule has 0 saturated heterocycles. The molecular formula is C23H25BrN2O5. The maximum Gasteiger partial charge on any atom is 0.338 e. The molecule has 0 fully saturated rings. The van der Waals surface area contributed by atoms with E-state index in [0.29, 0.717) is 45.0 Å². The Morgan fingerprint density at radius 3 is 2.52 bits per heavy atom. The first-order valence-corrected chi connectivity index (χ1v) is 10.8. The number of hydrogen-bond donors (Lipinski definition) is 2. The van der Waals surface area contributed by atoms with E-state index < -0.39 is 18.0 Å². The van der Waals surface area contributed by atoms with Gasteiger partial charge in [-0.15, -0.1) is 0 Å². The molecule has 0 aliphatic carbocycles. The van der Waals surface area contributed by atoms with Gasteiger partial charge < -0.3 is 24.8 Å². The van der Waals surface area contributed by atoms with Gasteiger partial charge in [-0.05, 0) is 36.6 Å². The molecule has 0 bridgehead atoms. The van der Waals surface area contributed by atoms with Crippen LogP contribution in [-0.2, 0) is 9.53 Å². The number of hydrogen-bond acceptors (Lipinski definition) is 5. The van der Waals surface area contributed by atoms with E-state index in [9.17, 15) is 9.59 Å². The van der Waals surface area contributed by atoms with Crippen LogP contribution in [0.3, 0.4) is 0 Å². The minimum atomic E-state index is -0.758. The smallest absolute Gasteiger partial charge is 0.338 e. The molecule has 1 heterocycles. The number of carbonyl (C=O) groups excluding carboxylic acids is 2. The maximum absolute atomic E-state index is 13.0. The highest BCUT2D eigenvalue weighted by atomic mass is 79.9. The number of benzene rings is 2. The number of halogens is 1. The van der Waals surface area contributed by atoms with Crippen LogP contribution in [0.5, 0.6) is 11.5 Å². The van der Waals surface area contributed by atoms with Crippen LogP contribution in [0.25, 0.3) is 5.70 Å². The molecule has 1 atom stereocenters. The van der Waals surface area contributed by atoms with Crippen LogP contribution in [0.15, 0.2) is 52.5 Å². The first kappa shape index (κ1) is 22.7. The lowest BCUT2D eigenvalue weighted by Gasteiger charge is -2.30. The van der Waals surface area contributed by atoms with E-state index >= 15 is 0 Å². The third-order valence-corrected chi connectivity index (χ3v) is 5.37. The quantitative estimate of drug-likeness (QED) is 0.531. The van der Waals surface area contributed by atoms with Crippen LogP contribution in [-0.4, -0.2) is 32.3 Å². The highest BCUT2D eigenvalue weighted by Crippen LogP contribution is 2.40.